The smallest absolute Gasteiger partial charge is 0.137 e. The van der Waals surface area contributed by atoms with Crippen LogP contribution in [0.1, 0.15) is 0 Å². The highest BCUT2D eigenvalue weighted by atomic mass is 79.9. The van der Waals surface area contributed by atoms with Crippen LogP contribution in [0.5, 0.6) is 0 Å². The Balaban J connectivity index is 3.04. The molecule has 0 aliphatic carbocycles. The lowest BCUT2D eigenvalue weighted by Gasteiger charge is -1.95. The van der Waals surface area contributed by atoms with E-state index in [4.69, 9.17) is 10.7 Å². The van der Waals surface area contributed by atoms with Crippen molar-refractivity contribution in [2.24, 2.45) is 0 Å². The van der Waals surface area contributed by atoms with Crippen molar-refractivity contribution in [3.8, 4) is 0 Å². The summed E-state index contributed by atoms with van der Waals surface area (Å²) in [7, 11) is 6.49. The number of benzene rings is 1. The average molecular weight is 242 g/mol. The molecular formula is C6H3BrClFS. The van der Waals surface area contributed by atoms with Gasteiger partial charge in [0.2, 0.25) is 0 Å². The zero-order valence-electron chi connectivity index (χ0n) is 4.77. The Labute approximate surface area is 75.4 Å². The minimum Gasteiger partial charge on any atom is -0.206 e. The summed E-state index contributed by atoms with van der Waals surface area (Å²) >= 11 is 3.04. The van der Waals surface area contributed by atoms with Gasteiger partial charge in [-0.15, -0.1) is 0 Å². The molecule has 54 valence electrons. The number of halogens is 3. The molecule has 0 saturated carbocycles. The predicted octanol–water partition coefficient (Wildman–Crippen LogP) is 3.83. The van der Waals surface area contributed by atoms with Gasteiger partial charge in [0.05, 0.1) is 4.47 Å². The van der Waals surface area contributed by atoms with Crippen molar-refractivity contribution in [1.82, 2.24) is 0 Å². The summed E-state index contributed by atoms with van der Waals surface area (Å²) in [5.74, 6) is -0.269. The molecule has 4 heteroatoms. The minimum absolute atomic E-state index is 0.269. The molecule has 0 spiro atoms. The zero-order valence-corrected chi connectivity index (χ0v) is 7.93. The van der Waals surface area contributed by atoms with Gasteiger partial charge in [0, 0.05) is 4.90 Å². The second kappa shape index (κ2) is 3.60. The third kappa shape index (κ3) is 1.87. The maximum absolute atomic E-state index is 12.5. The number of hydrogen-bond acceptors (Lipinski definition) is 1. The van der Waals surface area contributed by atoms with Crippen LogP contribution in [0.3, 0.4) is 0 Å². The highest BCUT2D eigenvalue weighted by Crippen LogP contribution is 2.26. The first-order valence-corrected chi connectivity index (χ1v) is 4.91. The van der Waals surface area contributed by atoms with Gasteiger partial charge in [0.25, 0.3) is 0 Å². The van der Waals surface area contributed by atoms with Gasteiger partial charge in [-0.05, 0) is 55.8 Å². The van der Waals surface area contributed by atoms with Crippen LogP contribution in [0.15, 0.2) is 27.6 Å². The van der Waals surface area contributed by atoms with E-state index >= 15 is 0 Å². The molecule has 1 aromatic rings. The maximum Gasteiger partial charge on any atom is 0.137 e. The lowest BCUT2D eigenvalue weighted by molar-refractivity contribution is 0.620. The Kier molecular flexibility index (Phi) is 3.01. The van der Waals surface area contributed by atoms with Crippen LogP contribution < -0.4 is 0 Å². The van der Waals surface area contributed by atoms with Gasteiger partial charge in [-0.1, -0.05) is 0 Å². The van der Waals surface area contributed by atoms with Crippen molar-refractivity contribution in [3.63, 3.8) is 0 Å². The van der Waals surface area contributed by atoms with Crippen molar-refractivity contribution >= 4 is 37.6 Å². The lowest BCUT2D eigenvalue weighted by atomic mass is 10.3. The molecule has 1 aromatic carbocycles. The molecule has 0 unspecified atom stereocenters. The third-order valence-corrected chi connectivity index (χ3v) is 2.55. The van der Waals surface area contributed by atoms with Gasteiger partial charge < -0.3 is 0 Å². The molecule has 0 saturated heterocycles. The Bertz CT molecular complexity index is 241. The molecule has 0 heterocycles. The summed E-state index contributed by atoms with van der Waals surface area (Å²) in [4.78, 5) is 0.829. The van der Waals surface area contributed by atoms with E-state index in [0.717, 1.165) is 15.9 Å². The average Bonchev–Trinajstić information content (AvgIpc) is 1.95. The third-order valence-electron chi connectivity index (χ3n) is 0.980. The minimum atomic E-state index is -0.269. The normalized spacial score (nSPS) is 9.90. The molecule has 0 fully saturated rings. The molecule has 0 N–H and O–H groups in total. The van der Waals surface area contributed by atoms with Gasteiger partial charge >= 0.3 is 0 Å². The highest BCUT2D eigenvalue weighted by Gasteiger charge is 1.98. The van der Waals surface area contributed by atoms with E-state index in [2.05, 4.69) is 15.9 Å². The van der Waals surface area contributed by atoms with Gasteiger partial charge in [-0.2, -0.15) is 0 Å². The van der Waals surface area contributed by atoms with Crippen molar-refractivity contribution < 1.29 is 4.39 Å². The van der Waals surface area contributed by atoms with Crippen LogP contribution >= 0.6 is 37.6 Å². The SMILES string of the molecule is Fc1ccc(SCl)cc1Br. The van der Waals surface area contributed by atoms with E-state index in [1.54, 1.807) is 12.1 Å². The fourth-order valence-electron chi connectivity index (χ4n) is 0.525. The monoisotopic (exact) mass is 240 g/mol. The molecule has 0 aliphatic heterocycles. The van der Waals surface area contributed by atoms with Crippen molar-refractivity contribution in [2.75, 3.05) is 0 Å². The van der Waals surface area contributed by atoms with E-state index in [-0.39, 0.29) is 5.82 Å². The highest BCUT2D eigenvalue weighted by molar-refractivity contribution is 9.10. The van der Waals surface area contributed by atoms with Crippen LogP contribution in [0, 0.1) is 5.82 Å². The summed E-state index contributed by atoms with van der Waals surface area (Å²) in [5.41, 5.74) is 0. The van der Waals surface area contributed by atoms with Crippen molar-refractivity contribution in [1.29, 1.82) is 0 Å². The maximum atomic E-state index is 12.5. The fraction of sp³-hybridized carbons (Fsp3) is 0. The van der Waals surface area contributed by atoms with E-state index < -0.39 is 0 Å². The Hall–Kier alpha value is 0.270. The quantitative estimate of drug-likeness (QED) is 0.720. The van der Waals surface area contributed by atoms with E-state index in [9.17, 15) is 4.39 Å². The Morgan fingerprint density at radius 1 is 1.50 bits per heavy atom. The zero-order chi connectivity index (χ0) is 7.56. The van der Waals surface area contributed by atoms with Crippen LogP contribution in [0.2, 0.25) is 0 Å². The first-order chi connectivity index (χ1) is 4.74. The molecular weight excluding hydrogens is 238 g/mol. The molecule has 10 heavy (non-hydrogen) atoms. The number of hydrogen-bond donors (Lipinski definition) is 0. The first-order valence-electron chi connectivity index (χ1n) is 2.47. The molecule has 0 atom stereocenters. The largest absolute Gasteiger partial charge is 0.206 e. The summed E-state index contributed by atoms with van der Waals surface area (Å²) in [6.07, 6.45) is 0. The Morgan fingerprint density at radius 2 is 2.20 bits per heavy atom. The predicted molar refractivity (Wildman–Crippen MR) is 45.8 cm³/mol. The van der Waals surface area contributed by atoms with Gasteiger partial charge in [0.1, 0.15) is 5.82 Å². The molecule has 0 nitrogen and oxygen atoms in total. The number of rotatable bonds is 1. The molecule has 1 rings (SSSR count). The molecule has 0 aliphatic rings. The second-order valence-electron chi connectivity index (χ2n) is 1.65. The van der Waals surface area contributed by atoms with Crippen LogP contribution in [-0.2, 0) is 0 Å². The van der Waals surface area contributed by atoms with Crippen LogP contribution in [0.4, 0.5) is 4.39 Å². The first kappa shape index (κ1) is 8.37. The molecule has 0 radical (unpaired) electrons. The molecule has 0 bridgehead atoms. The van der Waals surface area contributed by atoms with Gasteiger partial charge in [-0.3, -0.25) is 0 Å². The van der Waals surface area contributed by atoms with Gasteiger partial charge in [-0.25, -0.2) is 4.39 Å². The van der Waals surface area contributed by atoms with Crippen LogP contribution in [0.25, 0.3) is 0 Å². The summed E-state index contributed by atoms with van der Waals surface area (Å²) in [6.45, 7) is 0. The second-order valence-corrected chi connectivity index (χ2v) is 3.60. The van der Waals surface area contributed by atoms with E-state index in [0.29, 0.717) is 4.47 Å². The summed E-state index contributed by atoms with van der Waals surface area (Å²) < 4.78 is 13.0. The topological polar surface area (TPSA) is 0 Å². The van der Waals surface area contributed by atoms with Gasteiger partial charge in [0.15, 0.2) is 0 Å². The van der Waals surface area contributed by atoms with Crippen molar-refractivity contribution in [2.45, 2.75) is 4.90 Å². The van der Waals surface area contributed by atoms with Crippen molar-refractivity contribution in [3.05, 3.63) is 28.5 Å². The molecule has 0 amide bonds. The molecule has 0 aromatic heterocycles. The Morgan fingerprint density at radius 3 is 2.70 bits per heavy atom. The van der Waals surface area contributed by atoms with Crippen LogP contribution in [-0.4, -0.2) is 0 Å². The summed E-state index contributed by atoms with van der Waals surface area (Å²) in [6, 6.07) is 4.62. The lowest BCUT2D eigenvalue weighted by Crippen LogP contribution is -1.75. The summed E-state index contributed by atoms with van der Waals surface area (Å²) in [5, 5.41) is 0. The fourth-order valence-corrected chi connectivity index (χ4v) is 1.62. The van der Waals surface area contributed by atoms with E-state index in [1.165, 1.54) is 6.07 Å². The standard InChI is InChI=1S/C6H3BrClFS/c7-5-3-4(10-8)1-2-6(5)9/h1-3H. The van der Waals surface area contributed by atoms with E-state index in [1.807, 2.05) is 0 Å².